The second-order valence-electron chi connectivity index (χ2n) is 5.02. The molecule has 0 aromatic heterocycles. The van der Waals surface area contributed by atoms with Crippen molar-refractivity contribution in [2.75, 3.05) is 0 Å². The number of carboxylic acid groups (broad SMARTS) is 1. The fourth-order valence-corrected chi connectivity index (χ4v) is 2.39. The van der Waals surface area contributed by atoms with Gasteiger partial charge in [0.25, 0.3) is 0 Å². The number of allylic oxidation sites excluding steroid dienone is 2. The van der Waals surface area contributed by atoms with Crippen LogP contribution in [-0.4, -0.2) is 17.0 Å². The summed E-state index contributed by atoms with van der Waals surface area (Å²) >= 11 is 0. The highest BCUT2D eigenvalue weighted by Gasteiger charge is 2.33. The van der Waals surface area contributed by atoms with E-state index in [1.807, 2.05) is 18.2 Å². The van der Waals surface area contributed by atoms with E-state index in [0.29, 0.717) is 24.9 Å². The highest BCUT2D eigenvalue weighted by molar-refractivity contribution is 5.85. The first-order valence-electron chi connectivity index (χ1n) is 6.76. The van der Waals surface area contributed by atoms with Gasteiger partial charge in [-0.15, -0.1) is 0 Å². The van der Waals surface area contributed by atoms with E-state index in [4.69, 9.17) is 10.4 Å². The van der Waals surface area contributed by atoms with E-state index in [-0.39, 0.29) is 5.91 Å². The second-order valence-corrected chi connectivity index (χ2v) is 5.02. The van der Waals surface area contributed by atoms with Crippen molar-refractivity contribution < 1.29 is 14.7 Å². The molecule has 0 fully saturated rings. The molecule has 1 aliphatic carbocycles. The Bertz CT molecular complexity index is 599. The Hall–Kier alpha value is -2.61. The Balaban J connectivity index is 1.95. The molecule has 0 saturated heterocycles. The predicted octanol–water partition coefficient (Wildman–Crippen LogP) is 1.84. The van der Waals surface area contributed by atoms with Gasteiger partial charge in [-0.1, -0.05) is 24.3 Å². The van der Waals surface area contributed by atoms with Crippen molar-refractivity contribution in [2.45, 2.75) is 19.4 Å². The van der Waals surface area contributed by atoms with Crippen LogP contribution in [0.15, 0.2) is 36.4 Å². The van der Waals surface area contributed by atoms with E-state index in [9.17, 15) is 9.59 Å². The number of aliphatic carboxylic acids is 1. The SMILES string of the molecule is N#Cc1ccc(CNC(=O)[C@@H]2CC=CC[C@@H]2C(=O)O)cc1. The molecule has 0 aliphatic heterocycles. The van der Waals surface area contributed by atoms with Crippen molar-refractivity contribution in [3.8, 4) is 6.07 Å². The molecule has 0 radical (unpaired) electrons. The van der Waals surface area contributed by atoms with Gasteiger partial charge in [0.1, 0.15) is 0 Å². The van der Waals surface area contributed by atoms with Crippen molar-refractivity contribution in [3.05, 3.63) is 47.5 Å². The molecular weight excluding hydrogens is 268 g/mol. The third-order valence-electron chi connectivity index (χ3n) is 3.64. The molecule has 2 rings (SSSR count). The number of nitriles is 1. The highest BCUT2D eigenvalue weighted by atomic mass is 16.4. The van der Waals surface area contributed by atoms with Gasteiger partial charge in [-0.2, -0.15) is 5.26 Å². The van der Waals surface area contributed by atoms with Crippen molar-refractivity contribution in [3.63, 3.8) is 0 Å². The maximum absolute atomic E-state index is 12.1. The first kappa shape index (κ1) is 14.8. The Morgan fingerprint density at radius 3 is 2.38 bits per heavy atom. The standard InChI is InChI=1S/C16H16N2O3/c17-9-11-5-7-12(8-6-11)10-18-15(19)13-3-1-2-4-14(13)16(20)21/h1-2,5-8,13-14H,3-4,10H2,(H,18,19)(H,20,21)/t13-,14+/m1/s1. The maximum atomic E-state index is 12.1. The Labute approximate surface area is 122 Å². The monoisotopic (exact) mass is 284 g/mol. The first-order valence-corrected chi connectivity index (χ1v) is 6.76. The van der Waals surface area contributed by atoms with Gasteiger partial charge in [-0.05, 0) is 30.5 Å². The van der Waals surface area contributed by atoms with Crippen LogP contribution < -0.4 is 5.32 Å². The molecule has 0 bridgehead atoms. The Kier molecular flexibility index (Phi) is 4.72. The Morgan fingerprint density at radius 2 is 1.81 bits per heavy atom. The van der Waals surface area contributed by atoms with Gasteiger partial charge in [0.05, 0.1) is 23.5 Å². The molecule has 2 atom stereocenters. The third-order valence-corrected chi connectivity index (χ3v) is 3.64. The fraction of sp³-hybridized carbons (Fsp3) is 0.312. The molecule has 1 amide bonds. The normalized spacial score (nSPS) is 20.5. The predicted molar refractivity (Wildman–Crippen MR) is 76.0 cm³/mol. The summed E-state index contributed by atoms with van der Waals surface area (Å²) in [5.41, 5.74) is 1.44. The molecule has 0 unspecified atom stereocenters. The zero-order valence-corrected chi connectivity index (χ0v) is 11.5. The average Bonchev–Trinajstić information content (AvgIpc) is 2.53. The van der Waals surface area contributed by atoms with Crippen LogP contribution in [-0.2, 0) is 16.1 Å². The summed E-state index contributed by atoms with van der Waals surface area (Å²) in [6, 6.07) is 8.94. The summed E-state index contributed by atoms with van der Waals surface area (Å²) in [5, 5.41) is 20.6. The van der Waals surface area contributed by atoms with Crippen molar-refractivity contribution in [1.29, 1.82) is 5.26 Å². The number of nitrogens with one attached hydrogen (secondary N) is 1. The number of rotatable bonds is 4. The van der Waals surface area contributed by atoms with Gasteiger partial charge < -0.3 is 10.4 Å². The molecule has 5 heteroatoms. The summed E-state index contributed by atoms with van der Waals surface area (Å²) in [5.74, 6) is -2.35. The summed E-state index contributed by atoms with van der Waals surface area (Å²) in [7, 11) is 0. The minimum Gasteiger partial charge on any atom is -0.481 e. The topological polar surface area (TPSA) is 90.2 Å². The molecule has 5 nitrogen and oxygen atoms in total. The first-order chi connectivity index (χ1) is 10.1. The summed E-state index contributed by atoms with van der Waals surface area (Å²) in [6.07, 6.45) is 4.51. The van der Waals surface area contributed by atoms with Crippen molar-refractivity contribution in [2.24, 2.45) is 11.8 Å². The van der Waals surface area contributed by atoms with E-state index in [2.05, 4.69) is 5.32 Å². The molecule has 0 spiro atoms. The van der Waals surface area contributed by atoms with Crippen LogP contribution in [0.1, 0.15) is 24.0 Å². The van der Waals surface area contributed by atoms with Crippen LogP contribution in [0.3, 0.4) is 0 Å². The summed E-state index contributed by atoms with van der Waals surface area (Å²) in [4.78, 5) is 23.3. The lowest BCUT2D eigenvalue weighted by atomic mass is 9.82. The number of amides is 1. The van der Waals surface area contributed by atoms with Gasteiger partial charge in [-0.3, -0.25) is 9.59 Å². The lowest BCUT2D eigenvalue weighted by molar-refractivity contribution is -0.147. The van der Waals surface area contributed by atoms with E-state index in [1.165, 1.54) is 0 Å². The van der Waals surface area contributed by atoms with Gasteiger partial charge >= 0.3 is 5.97 Å². The van der Waals surface area contributed by atoms with Gasteiger partial charge in [0.2, 0.25) is 5.91 Å². The van der Waals surface area contributed by atoms with Crippen LogP contribution in [0.25, 0.3) is 0 Å². The zero-order valence-electron chi connectivity index (χ0n) is 11.5. The fourth-order valence-electron chi connectivity index (χ4n) is 2.39. The number of nitrogens with zero attached hydrogens (tertiary/aromatic N) is 1. The molecule has 108 valence electrons. The lowest BCUT2D eigenvalue weighted by Gasteiger charge is -2.24. The summed E-state index contributed by atoms with van der Waals surface area (Å²) in [6.45, 7) is 0.330. The van der Waals surface area contributed by atoms with E-state index in [1.54, 1.807) is 24.3 Å². The van der Waals surface area contributed by atoms with Crippen LogP contribution in [0.5, 0.6) is 0 Å². The van der Waals surface area contributed by atoms with Gasteiger partial charge in [0.15, 0.2) is 0 Å². The minimum absolute atomic E-state index is 0.240. The number of hydrogen-bond donors (Lipinski definition) is 2. The zero-order chi connectivity index (χ0) is 15.2. The molecule has 0 saturated carbocycles. The number of hydrogen-bond acceptors (Lipinski definition) is 3. The molecule has 21 heavy (non-hydrogen) atoms. The molecule has 2 N–H and O–H groups in total. The number of benzene rings is 1. The van der Waals surface area contributed by atoms with Crippen molar-refractivity contribution in [1.82, 2.24) is 5.32 Å². The number of carboxylic acids is 1. The second kappa shape index (κ2) is 6.71. The molecule has 0 heterocycles. The molecule has 1 aromatic carbocycles. The van der Waals surface area contributed by atoms with Crippen LogP contribution in [0.4, 0.5) is 0 Å². The molecule has 1 aliphatic rings. The quantitative estimate of drug-likeness (QED) is 0.825. The van der Waals surface area contributed by atoms with Gasteiger partial charge in [0, 0.05) is 6.54 Å². The van der Waals surface area contributed by atoms with Crippen LogP contribution in [0.2, 0.25) is 0 Å². The Morgan fingerprint density at radius 1 is 1.19 bits per heavy atom. The van der Waals surface area contributed by atoms with E-state index < -0.39 is 17.8 Å². The maximum Gasteiger partial charge on any atom is 0.307 e. The molecular formula is C16H16N2O3. The van der Waals surface area contributed by atoms with Crippen LogP contribution in [0, 0.1) is 23.2 Å². The smallest absolute Gasteiger partial charge is 0.307 e. The third kappa shape index (κ3) is 3.69. The van der Waals surface area contributed by atoms with Gasteiger partial charge in [-0.25, -0.2) is 0 Å². The van der Waals surface area contributed by atoms with Crippen molar-refractivity contribution >= 4 is 11.9 Å². The largest absolute Gasteiger partial charge is 0.481 e. The number of carbonyl (C=O) groups is 2. The molecule has 1 aromatic rings. The summed E-state index contributed by atoms with van der Waals surface area (Å²) < 4.78 is 0. The average molecular weight is 284 g/mol. The van der Waals surface area contributed by atoms with E-state index in [0.717, 1.165) is 5.56 Å². The van der Waals surface area contributed by atoms with Crippen LogP contribution >= 0.6 is 0 Å². The highest BCUT2D eigenvalue weighted by Crippen LogP contribution is 2.26. The number of carbonyl (C=O) groups excluding carboxylic acids is 1. The minimum atomic E-state index is -0.933. The van der Waals surface area contributed by atoms with E-state index >= 15 is 0 Å². The lowest BCUT2D eigenvalue weighted by Crippen LogP contribution is -2.38.